The molecule has 2 aromatic rings. The van der Waals surface area contributed by atoms with E-state index in [1.165, 1.54) is 16.7 Å². The first-order chi connectivity index (χ1) is 10.1. The molecule has 0 aliphatic carbocycles. The summed E-state index contributed by atoms with van der Waals surface area (Å²) in [6.07, 6.45) is 2.09. The van der Waals surface area contributed by atoms with Gasteiger partial charge in [-0.15, -0.1) is 0 Å². The van der Waals surface area contributed by atoms with Crippen molar-refractivity contribution in [3.63, 3.8) is 0 Å². The fraction of sp³-hybridized carbons (Fsp3) is 0.389. The molecule has 0 N–H and O–H groups in total. The molecule has 0 spiro atoms. The number of pyridine rings is 1. The second-order valence-electron chi connectivity index (χ2n) is 5.79. The molecule has 0 unspecified atom stereocenters. The van der Waals surface area contributed by atoms with Crippen LogP contribution in [0.25, 0.3) is 0 Å². The molecular formula is C18H22NO2+. The molecule has 0 atom stereocenters. The van der Waals surface area contributed by atoms with E-state index in [9.17, 15) is 0 Å². The van der Waals surface area contributed by atoms with Crippen molar-refractivity contribution in [2.45, 2.75) is 33.1 Å². The summed E-state index contributed by atoms with van der Waals surface area (Å²) < 4.78 is 13.8. The van der Waals surface area contributed by atoms with Crippen LogP contribution in [0.3, 0.4) is 0 Å². The SMILES string of the molecule is Cc1ccc(C)c(C[n+]2ccccc2C2(C)OCCO2)c1. The number of ether oxygens (including phenoxy) is 2. The van der Waals surface area contributed by atoms with Crippen LogP contribution in [-0.4, -0.2) is 13.2 Å². The van der Waals surface area contributed by atoms with Crippen molar-refractivity contribution < 1.29 is 14.0 Å². The summed E-state index contributed by atoms with van der Waals surface area (Å²) in [6.45, 7) is 8.40. The third-order valence-corrected chi connectivity index (χ3v) is 4.09. The van der Waals surface area contributed by atoms with Gasteiger partial charge in [0, 0.05) is 24.6 Å². The van der Waals surface area contributed by atoms with Gasteiger partial charge >= 0.3 is 0 Å². The van der Waals surface area contributed by atoms with Crippen LogP contribution in [0.1, 0.15) is 29.3 Å². The lowest BCUT2D eigenvalue weighted by atomic mass is 10.0. The van der Waals surface area contributed by atoms with Crippen molar-refractivity contribution in [1.29, 1.82) is 0 Å². The average molecular weight is 284 g/mol. The van der Waals surface area contributed by atoms with Gasteiger partial charge < -0.3 is 9.47 Å². The highest BCUT2D eigenvalue weighted by atomic mass is 16.7. The number of nitrogens with zero attached hydrogens (tertiary/aromatic N) is 1. The van der Waals surface area contributed by atoms with Crippen molar-refractivity contribution in [1.82, 2.24) is 0 Å². The molecule has 1 aliphatic rings. The standard InChI is InChI=1S/C18H22NO2/c1-14-7-8-15(2)16(12-14)13-19-9-5-4-6-17(19)18(3)20-10-11-21-18/h4-9,12H,10-11,13H2,1-3H3/q+1. The van der Waals surface area contributed by atoms with Crippen LogP contribution in [0.2, 0.25) is 0 Å². The summed E-state index contributed by atoms with van der Waals surface area (Å²) in [7, 11) is 0. The number of benzene rings is 1. The predicted molar refractivity (Wildman–Crippen MR) is 80.9 cm³/mol. The lowest BCUT2D eigenvalue weighted by Gasteiger charge is -2.20. The third kappa shape index (κ3) is 2.85. The van der Waals surface area contributed by atoms with E-state index in [2.05, 4.69) is 48.9 Å². The van der Waals surface area contributed by atoms with Gasteiger partial charge in [-0.2, -0.15) is 4.57 Å². The summed E-state index contributed by atoms with van der Waals surface area (Å²) in [5.41, 5.74) is 4.98. The highest BCUT2D eigenvalue weighted by Gasteiger charge is 2.40. The zero-order valence-electron chi connectivity index (χ0n) is 12.9. The van der Waals surface area contributed by atoms with E-state index in [1.807, 2.05) is 19.1 Å². The van der Waals surface area contributed by atoms with Crippen LogP contribution in [0.15, 0.2) is 42.6 Å². The molecule has 0 radical (unpaired) electrons. The molecule has 1 aliphatic heterocycles. The highest BCUT2D eigenvalue weighted by molar-refractivity contribution is 5.29. The lowest BCUT2D eigenvalue weighted by Crippen LogP contribution is -2.45. The molecule has 110 valence electrons. The molecule has 3 heteroatoms. The summed E-state index contributed by atoms with van der Waals surface area (Å²) in [4.78, 5) is 0. The van der Waals surface area contributed by atoms with Crippen molar-refractivity contribution in [2.75, 3.05) is 13.2 Å². The van der Waals surface area contributed by atoms with Crippen molar-refractivity contribution in [3.05, 3.63) is 65.0 Å². The summed E-state index contributed by atoms with van der Waals surface area (Å²) in [6, 6.07) is 12.7. The predicted octanol–water partition coefficient (Wildman–Crippen LogP) is 2.86. The minimum Gasteiger partial charge on any atom is -0.339 e. The van der Waals surface area contributed by atoms with Gasteiger partial charge in [-0.3, -0.25) is 0 Å². The van der Waals surface area contributed by atoms with Gasteiger partial charge in [0.2, 0.25) is 5.69 Å². The molecule has 1 saturated heterocycles. The molecule has 1 fully saturated rings. The van der Waals surface area contributed by atoms with E-state index in [4.69, 9.17) is 9.47 Å². The Balaban J connectivity index is 1.98. The second-order valence-corrected chi connectivity index (χ2v) is 5.79. The van der Waals surface area contributed by atoms with Gasteiger partial charge in [-0.25, -0.2) is 0 Å². The molecular weight excluding hydrogens is 262 g/mol. The number of aromatic nitrogens is 1. The maximum Gasteiger partial charge on any atom is 0.253 e. The lowest BCUT2D eigenvalue weighted by molar-refractivity contribution is -0.706. The fourth-order valence-electron chi connectivity index (χ4n) is 2.84. The quantitative estimate of drug-likeness (QED) is 0.809. The fourth-order valence-corrected chi connectivity index (χ4v) is 2.84. The third-order valence-electron chi connectivity index (χ3n) is 4.09. The van der Waals surface area contributed by atoms with Gasteiger partial charge in [0.25, 0.3) is 5.79 Å². The topological polar surface area (TPSA) is 22.3 Å². The van der Waals surface area contributed by atoms with Gasteiger partial charge in [0.1, 0.15) is 0 Å². The molecule has 0 saturated carbocycles. The maximum absolute atomic E-state index is 5.82. The van der Waals surface area contributed by atoms with E-state index in [0.717, 1.165) is 12.2 Å². The first-order valence-corrected chi connectivity index (χ1v) is 7.41. The van der Waals surface area contributed by atoms with Crippen LogP contribution >= 0.6 is 0 Å². The maximum atomic E-state index is 5.82. The largest absolute Gasteiger partial charge is 0.339 e. The van der Waals surface area contributed by atoms with E-state index >= 15 is 0 Å². The Bertz CT molecular complexity index is 645. The Morgan fingerprint density at radius 1 is 1.10 bits per heavy atom. The molecule has 0 amide bonds. The van der Waals surface area contributed by atoms with Crippen LogP contribution in [0.4, 0.5) is 0 Å². The summed E-state index contributed by atoms with van der Waals surface area (Å²) >= 11 is 0. The zero-order valence-corrected chi connectivity index (χ0v) is 12.9. The summed E-state index contributed by atoms with van der Waals surface area (Å²) in [5.74, 6) is -0.640. The Morgan fingerprint density at radius 3 is 2.62 bits per heavy atom. The molecule has 2 heterocycles. The van der Waals surface area contributed by atoms with Crippen LogP contribution in [-0.2, 0) is 21.8 Å². The van der Waals surface area contributed by atoms with Crippen molar-refractivity contribution >= 4 is 0 Å². The minimum absolute atomic E-state index is 0.640. The van der Waals surface area contributed by atoms with Crippen molar-refractivity contribution in [3.8, 4) is 0 Å². The van der Waals surface area contributed by atoms with Gasteiger partial charge in [0.15, 0.2) is 12.7 Å². The Morgan fingerprint density at radius 2 is 1.86 bits per heavy atom. The highest BCUT2D eigenvalue weighted by Crippen LogP contribution is 2.28. The minimum atomic E-state index is -0.640. The second kappa shape index (κ2) is 5.58. The van der Waals surface area contributed by atoms with Gasteiger partial charge in [0.05, 0.1) is 13.2 Å². The van der Waals surface area contributed by atoms with E-state index in [-0.39, 0.29) is 0 Å². The average Bonchev–Trinajstić information content (AvgIpc) is 2.91. The van der Waals surface area contributed by atoms with Crippen molar-refractivity contribution in [2.24, 2.45) is 0 Å². The van der Waals surface area contributed by atoms with E-state index < -0.39 is 5.79 Å². The first kappa shape index (κ1) is 14.2. The Kier molecular flexibility index (Phi) is 3.79. The molecule has 3 rings (SSSR count). The molecule has 21 heavy (non-hydrogen) atoms. The van der Waals surface area contributed by atoms with E-state index in [1.54, 1.807) is 0 Å². The van der Waals surface area contributed by atoms with Crippen LogP contribution in [0.5, 0.6) is 0 Å². The number of hydrogen-bond acceptors (Lipinski definition) is 2. The molecule has 1 aromatic heterocycles. The number of aryl methyl sites for hydroxylation is 2. The Labute approximate surface area is 126 Å². The van der Waals surface area contributed by atoms with Gasteiger partial charge in [-0.05, 0) is 31.5 Å². The smallest absolute Gasteiger partial charge is 0.253 e. The summed E-state index contributed by atoms with van der Waals surface area (Å²) in [5, 5.41) is 0. The van der Waals surface area contributed by atoms with E-state index in [0.29, 0.717) is 13.2 Å². The van der Waals surface area contributed by atoms with Gasteiger partial charge in [-0.1, -0.05) is 17.7 Å². The monoisotopic (exact) mass is 284 g/mol. The van der Waals surface area contributed by atoms with Crippen LogP contribution in [0, 0.1) is 13.8 Å². The molecule has 1 aromatic carbocycles. The molecule has 0 bridgehead atoms. The number of hydrogen-bond donors (Lipinski definition) is 0. The first-order valence-electron chi connectivity index (χ1n) is 7.41. The van der Waals surface area contributed by atoms with Crippen LogP contribution < -0.4 is 4.57 Å². The molecule has 3 nitrogen and oxygen atoms in total. The number of rotatable bonds is 3. The Hall–Kier alpha value is -1.71. The normalized spacial score (nSPS) is 17.1. The zero-order chi connectivity index (χ0) is 14.9.